The highest BCUT2D eigenvalue weighted by Crippen LogP contribution is 2.20. The average molecular weight is 269 g/mol. The molecule has 0 atom stereocenters. The van der Waals surface area contributed by atoms with Crippen molar-refractivity contribution < 1.29 is 9.15 Å². The Morgan fingerprint density at radius 1 is 1.10 bits per heavy atom. The summed E-state index contributed by atoms with van der Waals surface area (Å²) in [4.78, 5) is 0. The summed E-state index contributed by atoms with van der Waals surface area (Å²) in [6.45, 7) is 2.89. The Bertz CT molecular complexity index is 709. The molecule has 0 saturated heterocycles. The van der Waals surface area contributed by atoms with E-state index >= 15 is 0 Å². The van der Waals surface area contributed by atoms with E-state index in [-0.39, 0.29) is 0 Å². The van der Waals surface area contributed by atoms with Gasteiger partial charge >= 0.3 is 6.01 Å². The van der Waals surface area contributed by atoms with Crippen molar-refractivity contribution in [3.05, 3.63) is 48.4 Å². The fraction of sp³-hybridized carbons (Fsp3) is 0.200. The molecule has 2 aromatic carbocycles. The van der Waals surface area contributed by atoms with E-state index in [0.717, 1.165) is 5.75 Å². The van der Waals surface area contributed by atoms with Gasteiger partial charge in [0.2, 0.25) is 5.89 Å². The first-order valence-corrected chi connectivity index (χ1v) is 6.47. The quantitative estimate of drug-likeness (QED) is 0.721. The van der Waals surface area contributed by atoms with Gasteiger partial charge in [-0.15, -0.1) is 5.10 Å². The summed E-state index contributed by atoms with van der Waals surface area (Å²) in [6.07, 6.45) is 0. The predicted octanol–water partition coefficient (Wildman–Crippen LogP) is 3.02. The molecule has 3 rings (SSSR count). The molecule has 5 heteroatoms. The Morgan fingerprint density at radius 2 is 1.95 bits per heavy atom. The second-order valence-electron chi connectivity index (χ2n) is 4.41. The van der Waals surface area contributed by atoms with Gasteiger partial charge in [-0.25, -0.2) is 0 Å². The van der Waals surface area contributed by atoms with Gasteiger partial charge in [0.15, 0.2) is 0 Å². The number of ether oxygens (including phenoxy) is 1. The number of benzene rings is 2. The van der Waals surface area contributed by atoms with Crippen molar-refractivity contribution in [2.24, 2.45) is 0 Å². The monoisotopic (exact) mass is 269 g/mol. The van der Waals surface area contributed by atoms with Gasteiger partial charge in [0.05, 0.1) is 6.54 Å². The fourth-order valence-corrected chi connectivity index (χ4v) is 1.95. The van der Waals surface area contributed by atoms with E-state index in [2.05, 4.69) is 33.7 Å². The third-order valence-electron chi connectivity index (χ3n) is 2.89. The molecule has 1 heterocycles. The van der Waals surface area contributed by atoms with Crippen LogP contribution in [-0.4, -0.2) is 23.3 Å². The van der Waals surface area contributed by atoms with Crippen LogP contribution in [0.1, 0.15) is 5.89 Å². The topological polar surface area (TPSA) is 60.2 Å². The predicted molar refractivity (Wildman–Crippen MR) is 77.0 cm³/mol. The minimum atomic E-state index is 0.421. The first-order chi connectivity index (χ1) is 9.81. The van der Waals surface area contributed by atoms with Crippen molar-refractivity contribution in [1.29, 1.82) is 0 Å². The van der Waals surface area contributed by atoms with Crippen LogP contribution in [0.3, 0.4) is 0 Å². The van der Waals surface area contributed by atoms with E-state index in [4.69, 9.17) is 9.15 Å². The van der Waals surface area contributed by atoms with Gasteiger partial charge in [-0.2, -0.15) is 0 Å². The Kier molecular flexibility index (Phi) is 3.50. The molecule has 0 aliphatic heterocycles. The van der Waals surface area contributed by atoms with Gasteiger partial charge in [0, 0.05) is 6.92 Å². The molecule has 3 aromatic rings. The van der Waals surface area contributed by atoms with Crippen molar-refractivity contribution in [2.45, 2.75) is 6.92 Å². The number of aromatic nitrogens is 2. The zero-order valence-corrected chi connectivity index (χ0v) is 11.2. The third kappa shape index (κ3) is 2.88. The number of nitrogens with one attached hydrogen (secondary N) is 1. The van der Waals surface area contributed by atoms with Gasteiger partial charge < -0.3 is 14.5 Å². The van der Waals surface area contributed by atoms with Crippen molar-refractivity contribution in [3.63, 3.8) is 0 Å². The van der Waals surface area contributed by atoms with Gasteiger partial charge in [0.1, 0.15) is 12.4 Å². The van der Waals surface area contributed by atoms with Crippen LogP contribution in [0.2, 0.25) is 0 Å². The van der Waals surface area contributed by atoms with Crippen LogP contribution in [0.25, 0.3) is 10.8 Å². The van der Waals surface area contributed by atoms with E-state index in [9.17, 15) is 0 Å². The van der Waals surface area contributed by atoms with E-state index < -0.39 is 0 Å². The molecule has 0 saturated carbocycles. The smallest absolute Gasteiger partial charge is 0.315 e. The molecule has 0 aliphatic carbocycles. The highest BCUT2D eigenvalue weighted by molar-refractivity contribution is 5.83. The summed E-state index contributed by atoms with van der Waals surface area (Å²) in [5.41, 5.74) is 0. The molecule has 0 spiro atoms. The Balaban J connectivity index is 1.54. The molecule has 0 aliphatic rings. The van der Waals surface area contributed by atoms with Crippen LogP contribution in [-0.2, 0) is 0 Å². The molecular formula is C15H15N3O2. The Hall–Kier alpha value is -2.56. The fourth-order valence-electron chi connectivity index (χ4n) is 1.95. The van der Waals surface area contributed by atoms with E-state index in [1.165, 1.54) is 10.8 Å². The van der Waals surface area contributed by atoms with Crippen molar-refractivity contribution in [2.75, 3.05) is 18.5 Å². The number of fused-ring (bicyclic) bond motifs is 1. The molecule has 1 N–H and O–H groups in total. The standard InChI is InChI=1S/C15H15N3O2/c1-11-17-18-15(20-11)16-8-9-19-14-7-6-12-4-2-3-5-13(12)10-14/h2-7,10H,8-9H2,1H3,(H,16,18). The molecule has 0 amide bonds. The summed E-state index contributed by atoms with van der Waals surface area (Å²) < 4.78 is 10.9. The SMILES string of the molecule is Cc1nnc(NCCOc2ccc3ccccc3c2)o1. The molecule has 5 nitrogen and oxygen atoms in total. The molecule has 0 bridgehead atoms. The van der Waals surface area contributed by atoms with Crippen LogP contribution < -0.4 is 10.1 Å². The minimum Gasteiger partial charge on any atom is -0.492 e. The zero-order chi connectivity index (χ0) is 13.8. The second kappa shape index (κ2) is 5.61. The summed E-state index contributed by atoms with van der Waals surface area (Å²) in [5.74, 6) is 1.40. The lowest BCUT2D eigenvalue weighted by Gasteiger charge is -2.07. The summed E-state index contributed by atoms with van der Waals surface area (Å²) >= 11 is 0. The van der Waals surface area contributed by atoms with E-state index in [1.54, 1.807) is 6.92 Å². The molecule has 102 valence electrons. The number of aryl methyl sites for hydroxylation is 1. The molecule has 0 unspecified atom stereocenters. The highest BCUT2D eigenvalue weighted by atomic mass is 16.5. The first kappa shape index (κ1) is 12.5. The largest absolute Gasteiger partial charge is 0.492 e. The van der Waals surface area contributed by atoms with Gasteiger partial charge in [-0.05, 0) is 22.9 Å². The summed E-state index contributed by atoms with van der Waals surface area (Å²) in [6, 6.07) is 14.7. The van der Waals surface area contributed by atoms with Crippen LogP contribution in [0.15, 0.2) is 46.9 Å². The van der Waals surface area contributed by atoms with Gasteiger partial charge in [-0.3, -0.25) is 0 Å². The Morgan fingerprint density at radius 3 is 2.75 bits per heavy atom. The maximum Gasteiger partial charge on any atom is 0.315 e. The normalized spacial score (nSPS) is 10.7. The lowest BCUT2D eigenvalue weighted by Crippen LogP contribution is -2.11. The van der Waals surface area contributed by atoms with Crippen LogP contribution >= 0.6 is 0 Å². The number of anilines is 1. The van der Waals surface area contributed by atoms with Crippen molar-refractivity contribution >= 4 is 16.8 Å². The van der Waals surface area contributed by atoms with Gasteiger partial charge in [0.25, 0.3) is 0 Å². The molecule has 1 aromatic heterocycles. The highest BCUT2D eigenvalue weighted by Gasteiger charge is 2.01. The third-order valence-corrected chi connectivity index (χ3v) is 2.89. The lowest BCUT2D eigenvalue weighted by molar-refractivity contribution is 0.331. The van der Waals surface area contributed by atoms with Crippen LogP contribution in [0, 0.1) is 6.92 Å². The molecule has 20 heavy (non-hydrogen) atoms. The molecular weight excluding hydrogens is 254 g/mol. The zero-order valence-electron chi connectivity index (χ0n) is 11.2. The second-order valence-corrected chi connectivity index (χ2v) is 4.41. The maximum atomic E-state index is 5.69. The minimum absolute atomic E-state index is 0.421. The first-order valence-electron chi connectivity index (χ1n) is 6.47. The van der Waals surface area contributed by atoms with E-state index in [0.29, 0.717) is 25.1 Å². The van der Waals surface area contributed by atoms with E-state index in [1.807, 2.05) is 24.3 Å². The number of nitrogens with zero attached hydrogens (tertiary/aromatic N) is 2. The number of hydrogen-bond acceptors (Lipinski definition) is 5. The molecule has 0 radical (unpaired) electrons. The van der Waals surface area contributed by atoms with Crippen LogP contribution in [0.4, 0.5) is 6.01 Å². The maximum absolute atomic E-state index is 5.69. The van der Waals surface area contributed by atoms with Gasteiger partial charge in [-0.1, -0.05) is 35.4 Å². The average Bonchev–Trinajstić information content (AvgIpc) is 2.89. The number of rotatable bonds is 5. The summed E-state index contributed by atoms with van der Waals surface area (Å²) in [5, 5.41) is 13.0. The molecule has 0 fully saturated rings. The Labute approximate surface area is 116 Å². The van der Waals surface area contributed by atoms with Crippen molar-refractivity contribution in [3.8, 4) is 5.75 Å². The van der Waals surface area contributed by atoms with Crippen molar-refractivity contribution in [1.82, 2.24) is 10.2 Å². The van der Waals surface area contributed by atoms with Crippen LogP contribution in [0.5, 0.6) is 5.75 Å². The lowest BCUT2D eigenvalue weighted by atomic mass is 10.1. The summed E-state index contributed by atoms with van der Waals surface area (Å²) in [7, 11) is 0. The number of hydrogen-bond donors (Lipinski definition) is 1.